The summed E-state index contributed by atoms with van der Waals surface area (Å²) in [6.07, 6.45) is 0.667. The van der Waals surface area contributed by atoms with Crippen molar-refractivity contribution < 1.29 is 18.8 Å². The van der Waals surface area contributed by atoms with Crippen molar-refractivity contribution in [2.75, 3.05) is 6.54 Å². The van der Waals surface area contributed by atoms with Gasteiger partial charge in [0, 0.05) is 18.2 Å². The molecular formula is C19H17FN2O3. The molecule has 5 nitrogen and oxygen atoms in total. The standard InChI is InChI=1S/C19H17FN2O3/c20-16-7-5-15(6-8-16)18-11-17(22-25-18)19(24)21-10-9-13-1-3-14(12-23)4-2-13/h1-8,11,23H,9-10,12H2,(H,21,24). The quantitative estimate of drug-likeness (QED) is 0.723. The molecule has 0 radical (unpaired) electrons. The minimum Gasteiger partial charge on any atom is -0.392 e. The van der Waals surface area contributed by atoms with Crippen LogP contribution in [0.3, 0.4) is 0 Å². The normalized spacial score (nSPS) is 10.6. The highest BCUT2D eigenvalue weighted by Gasteiger charge is 2.13. The van der Waals surface area contributed by atoms with E-state index in [0.717, 1.165) is 11.1 Å². The Morgan fingerprint density at radius 2 is 1.76 bits per heavy atom. The summed E-state index contributed by atoms with van der Waals surface area (Å²) in [6, 6.07) is 14.8. The van der Waals surface area contributed by atoms with Gasteiger partial charge in [0.05, 0.1) is 6.61 Å². The Kier molecular flexibility index (Phi) is 5.20. The lowest BCUT2D eigenvalue weighted by Crippen LogP contribution is -2.25. The number of amides is 1. The van der Waals surface area contributed by atoms with Gasteiger partial charge in [0.1, 0.15) is 5.82 Å². The molecule has 1 aromatic heterocycles. The molecule has 0 saturated heterocycles. The van der Waals surface area contributed by atoms with Crippen LogP contribution in [0.5, 0.6) is 0 Å². The van der Waals surface area contributed by atoms with Crippen LogP contribution in [0.2, 0.25) is 0 Å². The van der Waals surface area contributed by atoms with Crippen LogP contribution in [-0.2, 0) is 13.0 Å². The van der Waals surface area contributed by atoms with Crippen LogP contribution in [0.4, 0.5) is 4.39 Å². The van der Waals surface area contributed by atoms with E-state index in [1.54, 1.807) is 12.1 Å². The number of carbonyl (C=O) groups is 1. The smallest absolute Gasteiger partial charge is 0.273 e. The first-order valence-electron chi connectivity index (χ1n) is 7.85. The summed E-state index contributed by atoms with van der Waals surface area (Å²) in [6.45, 7) is 0.468. The number of aromatic nitrogens is 1. The number of carbonyl (C=O) groups excluding carboxylic acids is 1. The molecule has 6 heteroatoms. The van der Waals surface area contributed by atoms with Crippen molar-refractivity contribution in [2.24, 2.45) is 0 Å². The summed E-state index contributed by atoms with van der Waals surface area (Å²) in [5.74, 6) is -0.262. The third kappa shape index (κ3) is 4.30. The lowest BCUT2D eigenvalue weighted by Gasteiger charge is -2.04. The monoisotopic (exact) mass is 340 g/mol. The van der Waals surface area contributed by atoms with Gasteiger partial charge in [0.15, 0.2) is 11.5 Å². The van der Waals surface area contributed by atoms with Gasteiger partial charge >= 0.3 is 0 Å². The number of hydrogen-bond acceptors (Lipinski definition) is 4. The molecule has 128 valence electrons. The van der Waals surface area contributed by atoms with Gasteiger partial charge in [-0.3, -0.25) is 4.79 Å². The minimum absolute atomic E-state index is 0.0135. The second kappa shape index (κ2) is 7.72. The number of rotatable bonds is 6. The van der Waals surface area contributed by atoms with Crippen LogP contribution in [0.1, 0.15) is 21.6 Å². The number of nitrogens with zero attached hydrogens (tertiary/aromatic N) is 1. The summed E-state index contributed by atoms with van der Waals surface area (Å²) >= 11 is 0. The zero-order chi connectivity index (χ0) is 17.6. The number of halogens is 1. The zero-order valence-electron chi connectivity index (χ0n) is 13.4. The Morgan fingerprint density at radius 3 is 2.44 bits per heavy atom. The Labute approximate surface area is 144 Å². The summed E-state index contributed by atoms with van der Waals surface area (Å²) in [7, 11) is 0. The van der Waals surface area contributed by atoms with E-state index in [1.807, 2.05) is 24.3 Å². The Balaban J connectivity index is 1.55. The molecule has 2 N–H and O–H groups in total. The molecule has 25 heavy (non-hydrogen) atoms. The van der Waals surface area contributed by atoms with E-state index in [9.17, 15) is 9.18 Å². The van der Waals surface area contributed by atoms with E-state index < -0.39 is 0 Å². The van der Waals surface area contributed by atoms with Crippen molar-refractivity contribution in [3.63, 3.8) is 0 Å². The summed E-state index contributed by atoms with van der Waals surface area (Å²) < 4.78 is 18.1. The number of hydrogen-bond donors (Lipinski definition) is 2. The Morgan fingerprint density at radius 1 is 1.08 bits per heavy atom. The number of nitrogens with one attached hydrogen (secondary N) is 1. The Hall–Kier alpha value is -2.99. The van der Waals surface area contributed by atoms with Gasteiger partial charge in [-0.15, -0.1) is 0 Å². The van der Waals surface area contributed by atoms with Crippen LogP contribution >= 0.6 is 0 Å². The molecule has 0 bridgehead atoms. The average molecular weight is 340 g/mol. The number of aliphatic hydroxyl groups excluding tert-OH is 1. The van der Waals surface area contributed by atoms with E-state index in [4.69, 9.17) is 9.63 Å². The van der Waals surface area contributed by atoms with Gasteiger partial charge in [0.2, 0.25) is 0 Å². The van der Waals surface area contributed by atoms with Crippen LogP contribution in [-0.4, -0.2) is 22.7 Å². The maximum Gasteiger partial charge on any atom is 0.273 e. The second-order valence-corrected chi connectivity index (χ2v) is 5.56. The molecule has 0 aliphatic rings. The summed E-state index contributed by atoms with van der Waals surface area (Å²) in [5, 5.41) is 15.5. The molecule has 1 heterocycles. The van der Waals surface area contributed by atoms with E-state index in [2.05, 4.69) is 10.5 Å². The summed E-state index contributed by atoms with van der Waals surface area (Å²) in [4.78, 5) is 12.1. The van der Waals surface area contributed by atoms with Crippen LogP contribution < -0.4 is 5.32 Å². The molecular weight excluding hydrogens is 323 g/mol. The van der Waals surface area contributed by atoms with E-state index in [1.165, 1.54) is 18.2 Å². The van der Waals surface area contributed by atoms with Crippen molar-refractivity contribution in [1.29, 1.82) is 0 Å². The first-order valence-corrected chi connectivity index (χ1v) is 7.85. The van der Waals surface area contributed by atoms with E-state index in [-0.39, 0.29) is 24.0 Å². The van der Waals surface area contributed by atoms with Gasteiger partial charge in [0.25, 0.3) is 5.91 Å². The largest absolute Gasteiger partial charge is 0.392 e. The zero-order valence-corrected chi connectivity index (χ0v) is 13.4. The molecule has 0 atom stereocenters. The fourth-order valence-corrected chi connectivity index (χ4v) is 2.35. The highest BCUT2D eigenvalue weighted by atomic mass is 19.1. The molecule has 0 fully saturated rings. The Bertz CT molecular complexity index is 842. The van der Waals surface area contributed by atoms with E-state index >= 15 is 0 Å². The maximum atomic E-state index is 12.9. The first kappa shape index (κ1) is 16.9. The minimum atomic E-state index is -0.340. The predicted octanol–water partition coefficient (Wildman–Crippen LogP) is 2.95. The van der Waals surface area contributed by atoms with E-state index in [0.29, 0.717) is 24.3 Å². The van der Waals surface area contributed by atoms with Crippen molar-refractivity contribution >= 4 is 5.91 Å². The summed E-state index contributed by atoms with van der Waals surface area (Å²) in [5.41, 5.74) is 2.74. The predicted molar refractivity (Wildman–Crippen MR) is 90.3 cm³/mol. The van der Waals surface area contributed by atoms with Crippen LogP contribution in [0.15, 0.2) is 59.1 Å². The van der Waals surface area contributed by atoms with Gasteiger partial charge in [-0.05, 0) is 41.8 Å². The van der Waals surface area contributed by atoms with Crippen molar-refractivity contribution in [2.45, 2.75) is 13.0 Å². The number of benzene rings is 2. The lowest BCUT2D eigenvalue weighted by atomic mass is 10.1. The van der Waals surface area contributed by atoms with Gasteiger partial charge < -0.3 is 14.9 Å². The third-order valence-electron chi connectivity index (χ3n) is 3.78. The fourth-order valence-electron chi connectivity index (χ4n) is 2.35. The lowest BCUT2D eigenvalue weighted by molar-refractivity contribution is 0.0945. The van der Waals surface area contributed by atoms with Crippen molar-refractivity contribution in [3.8, 4) is 11.3 Å². The molecule has 3 rings (SSSR count). The van der Waals surface area contributed by atoms with Crippen LogP contribution in [0, 0.1) is 5.82 Å². The van der Waals surface area contributed by atoms with Crippen molar-refractivity contribution in [3.05, 3.63) is 77.2 Å². The second-order valence-electron chi connectivity index (χ2n) is 5.56. The van der Waals surface area contributed by atoms with Crippen molar-refractivity contribution in [1.82, 2.24) is 10.5 Å². The molecule has 0 unspecified atom stereocenters. The topological polar surface area (TPSA) is 75.4 Å². The molecule has 3 aromatic rings. The third-order valence-corrected chi connectivity index (χ3v) is 3.78. The molecule has 1 amide bonds. The molecule has 0 spiro atoms. The molecule has 0 aliphatic heterocycles. The fraction of sp³-hybridized carbons (Fsp3) is 0.158. The number of aliphatic hydroxyl groups is 1. The molecule has 0 aliphatic carbocycles. The van der Waals surface area contributed by atoms with Gasteiger partial charge in [-0.1, -0.05) is 29.4 Å². The highest BCUT2D eigenvalue weighted by molar-refractivity contribution is 5.93. The van der Waals surface area contributed by atoms with Gasteiger partial charge in [-0.25, -0.2) is 4.39 Å². The van der Waals surface area contributed by atoms with Gasteiger partial charge in [-0.2, -0.15) is 0 Å². The highest BCUT2D eigenvalue weighted by Crippen LogP contribution is 2.20. The molecule has 0 saturated carbocycles. The SMILES string of the molecule is O=C(NCCc1ccc(CO)cc1)c1cc(-c2ccc(F)cc2)on1. The maximum absolute atomic E-state index is 12.9. The van der Waals surface area contributed by atoms with Crippen LogP contribution in [0.25, 0.3) is 11.3 Å². The average Bonchev–Trinajstić information content (AvgIpc) is 3.13. The first-order chi connectivity index (χ1) is 12.2. The molecule has 2 aromatic carbocycles.